The smallest absolute Gasteiger partial charge is 0.323 e. The molecule has 0 aliphatic rings. The van der Waals surface area contributed by atoms with E-state index in [1.807, 2.05) is 0 Å². The molecule has 3 rings (SSSR count). The van der Waals surface area contributed by atoms with Crippen molar-refractivity contribution < 1.29 is 40.3 Å². The largest absolute Gasteiger partial charge is 0.456 e. The molecular formula is C17H11F7N6O2. The number of aryl methyl sites for hydroxylation is 1. The van der Waals surface area contributed by atoms with Gasteiger partial charge in [-0.1, -0.05) is 0 Å². The normalized spacial score (nSPS) is 12.1. The summed E-state index contributed by atoms with van der Waals surface area (Å²) in [6, 6.07) is 1.54. The van der Waals surface area contributed by atoms with Crippen molar-refractivity contribution in [1.82, 2.24) is 24.3 Å². The second kappa shape index (κ2) is 8.05. The monoisotopic (exact) mass is 464 g/mol. The number of halogens is 7. The second-order valence-electron chi connectivity index (χ2n) is 6.40. The van der Waals surface area contributed by atoms with Gasteiger partial charge in [0.25, 0.3) is 5.78 Å². The Morgan fingerprint density at radius 1 is 1.09 bits per heavy atom. The summed E-state index contributed by atoms with van der Waals surface area (Å²) in [5.41, 5.74) is -2.26. The molecule has 3 heterocycles. The average Bonchev–Trinajstić information content (AvgIpc) is 3.27. The van der Waals surface area contributed by atoms with Crippen LogP contribution in [0.25, 0.3) is 5.82 Å². The number of nitrogens with one attached hydrogen (secondary N) is 1. The Morgan fingerprint density at radius 2 is 1.78 bits per heavy atom. The first kappa shape index (κ1) is 22.9. The molecule has 0 unspecified atom stereocenters. The molecule has 0 fully saturated rings. The van der Waals surface area contributed by atoms with E-state index in [9.17, 15) is 40.3 Å². The zero-order valence-electron chi connectivity index (χ0n) is 15.8. The summed E-state index contributed by atoms with van der Waals surface area (Å²) in [5, 5.41) is 5.51. The van der Waals surface area contributed by atoms with E-state index >= 15 is 0 Å². The molecule has 0 aliphatic heterocycles. The quantitative estimate of drug-likeness (QED) is 0.462. The molecule has 3 aromatic heterocycles. The fourth-order valence-corrected chi connectivity index (χ4v) is 2.54. The highest BCUT2D eigenvalue weighted by molar-refractivity contribution is 5.98. The van der Waals surface area contributed by atoms with Gasteiger partial charge in [0.1, 0.15) is 18.6 Å². The molecule has 3 aromatic rings. The lowest BCUT2D eigenvalue weighted by Crippen LogP contribution is -2.23. The van der Waals surface area contributed by atoms with Crippen LogP contribution in [-0.4, -0.2) is 42.2 Å². The minimum Gasteiger partial charge on any atom is -0.323 e. The van der Waals surface area contributed by atoms with Crippen LogP contribution in [0.15, 0.2) is 30.9 Å². The van der Waals surface area contributed by atoms with Crippen LogP contribution in [-0.2, 0) is 17.5 Å². The summed E-state index contributed by atoms with van der Waals surface area (Å²) in [6.07, 6.45) is -7.50. The van der Waals surface area contributed by atoms with Crippen molar-refractivity contribution in [3.63, 3.8) is 0 Å². The number of nitrogens with zero attached hydrogens (tertiary/aromatic N) is 5. The predicted octanol–water partition coefficient (Wildman–Crippen LogP) is 3.31. The number of amides is 1. The molecule has 0 bridgehead atoms. The number of aromatic nitrogens is 5. The SMILES string of the molecule is Cc1cc(C(F)(F)F)nn1CC(=O)Nc1cnc(-n2cnc(C(=O)C(F)(F)F)c2)c(F)c1. The first-order valence-corrected chi connectivity index (χ1v) is 8.48. The van der Waals surface area contributed by atoms with Crippen molar-refractivity contribution in [3.05, 3.63) is 53.8 Å². The van der Waals surface area contributed by atoms with Crippen molar-refractivity contribution in [3.8, 4) is 5.82 Å². The molecule has 0 spiro atoms. The number of Topliss-reactive ketones (excluding diaryl/α,β-unsaturated/α-hetero) is 1. The van der Waals surface area contributed by atoms with Crippen molar-refractivity contribution >= 4 is 17.4 Å². The van der Waals surface area contributed by atoms with E-state index in [0.717, 1.165) is 33.9 Å². The molecule has 0 aliphatic carbocycles. The molecule has 0 aromatic carbocycles. The van der Waals surface area contributed by atoms with E-state index in [-0.39, 0.29) is 11.4 Å². The minimum absolute atomic E-state index is 0.0662. The van der Waals surface area contributed by atoms with Gasteiger partial charge < -0.3 is 5.32 Å². The van der Waals surface area contributed by atoms with Crippen LogP contribution in [0.1, 0.15) is 21.9 Å². The summed E-state index contributed by atoms with van der Waals surface area (Å²) < 4.78 is 91.3. The molecular weight excluding hydrogens is 453 g/mol. The maximum Gasteiger partial charge on any atom is 0.456 e. The maximum absolute atomic E-state index is 14.3. The minimum atomic E-state index is -5.16. The van der Waals surface area contributed by atoms with Gasteiger partial charge in [-0.05, 0) is 13.0 Å². The number of carbonyl (C=O) groups excluding carboxylic acids is 2. The first-order chi connectivity index (χ1) is 14.8. The van der Waals surface area contributed by atoms with Crippen LogP contribution in [0.4, 0.5) is 36.4 Å². The van der Waals surface area contributed by atoms with Gasteiger partial charge in [0.2, 0.25) is 5.91 Å². The van der Waals surface area contributed by atoms with E-state index in [1.165, 1.54) is 6.92 Å². The topological polar surface area (TPSA) is 94.7 Å². The van der Waals surface area contributed by atoms with Gasteiger partial charge >= 0.3 is 12.4 Å². The number of ketones is 1. The summed E-state index contributed by atoms with van der Waals surface area (Å²) in [5.74, 6) is -4.64. The summed E-state index contributed by atoms with van der Waals surface area (Å²) in [4.78, 5) is 30.2. The Morgan fingerprint density at radius 3 is 2.34 bits per heavy atom. The molecule has 0 atom stereocenters. The van der Waals surface area contributed by atoms with Crippen LogP contribution in [0, 0.1) is 12.7 Å². The van der Waals surface area contributed by atoms with Crippen molar-refractivity contribution in [2.24, 2.45) is 0 Å². The predicted molar refractivity (Wildman–Crippen MR) is 92.3 cm³/mol. The van der Waals surface area contributed by atoms with E-state index in [2.05, 4.69) is 20.4 Å². The highest BCUT2D eigenvalue weighted by atomic mass is 19.4. The summed E-state index contributed by atoms with van der Waals surface area (Å²) in [6.45, 7) is 0.712. The molecule has 8 nitrogen and oxygen atoms in total. The lowest BCUT2D eigenvalue weighted by Gasteiger charge is -2.09. The van der Waals surface area contributed by atoms with Crippen LogP contribution < -0.4 is 5.32 Å². The summed E-state index contributed by atoms with van der Waals surface area (Å²) >= 11 is 0. The molecule has 0 radical (unpaired) electrons. The number of rotatable bonds is 5. The molecule has 0 saturated heterocycles. The maximum atomic E-state index is 14.3. The lowest BCUT2D eigenvalue weighted by molar-refractivity contribution is -0.141. The van der Waals surface area contributed by atoms with Crippen LogP contribution >= 0.6 is 0 Å². The van der Waals surface area contributed by atoms with Gasteiger partial charge in [0, 0.05) is 18.0 Å². The summed E-state index contributed by atoms with van der Waals surface area (Å²) in [7, 11) is 0. The van der Waals surface area contributed by atoms with E-state index in [4.69, 9.17) is 0 Å². The Bertz CT molecular complexity index is 1180. The Balaban J connectivity index is 1.72. The molecule has 15 heteroatoms. The molecule has 170 valence electrons. The highest BCUT2D eigenvalue weighted by Crippen LogP contribution is 2.28. The number of alkyl halides is 6. The van der Waals surface area contributed by atoms with Crippen molar-refractivity contribution in [2.75, 3.05) is 5.32 Å². The fourth-order valence-electron chi connectivity index (χ4n) is 2.54. The van der Waals surface area contributed by atoms with Gasteiger partial charge in [-0.15, -0.1) is 0 Å². The zero-order valence-corrected chi connectivity index (χ0v) is 15.8. The Labute approximate surface area is 173 Å². The highest BCUT2D eigenvalue weighted by Gasteiger charge is 2.41. The molecule has 1 N–H and O–H groups in total. The van der Waals surface area contributed by atoms with Crippen LogP contribution in [0.5, 0.6) is 0 Å². The first-order valence-electron chi connectivity index (χ1n) is 8.48. The molecule has 32 heavy (non-hydrogen) atoms. The average molecular weight is 464 g/mol. The van der Waals surface area contributed by atoms with Gasteiger partial charge in [-0.3, -0.25) is 18.8 Å². The van der Waals surface area contributed by atoms with Crippen LogP contribution in [0.3, 0.4) is 0 Å². The van der Waals surface area contributed by atoms with E-state index < -0.39 is 53.6 Å². The third-order valence-electron chi connectivity index (χ3n) is 3.99. The van der Waals surface area contributed by atoms with Gasteiger partial charge in [-0.25, -0.2) is 14.4 Å². The third-order valence-corrected chi connectivity index (χ3v) is 3.99. The number of anilines is 1. The zero-order chi connectivity index (χ0) is 23.8. The number of carbonyl (C=O) groups is 2. The van der Waals surface area contributed by atoms with Gasteiger partial charge in [0.15, 0.2) is 17.3 Å². The fraction of sp³-hybridized carbons (Fsp3) is 0.235. The lowest BCUT2D eigenvalue weighted by atomic mass is 10.3. The Kier molecular flexibility index (Phi) is 5.76. The van der Waals surface area contributed by atoms with E-state index in [1.54, 1.807) is 0 Å². The number of hydrogen-bond acceptors (Lipinski definition) is 5. The molecule has 1 amide bonds. The number of imidazole rings is 1. The standard InChI is InChI=1S/C17H11F7N6O2/c1-8-2-12(16(19,20)21)28-30(8)6-13(31)27-9-3-10(18)15(25-4-9)29-5-11(26-7-29)14(32)17(22,23)24/h2-5,7H,6H2,1H3,(H,27,31). The second-order valence-corrected chi connectivity index (χ2v) is 6.40. The van der Waals surface area contributed by atoms with Gasteiger partial charge in [-0.2, -0.15) is 31.4 Å². The Hall–Kier alpha value is -3.78. The van der Waals surface area contributed by atoms with Crippen molar-refractivity contribution in [1.29, 1.82) is 0 Å². The number of hydrogen-bond donors (Lipinski definition) is 1. The van der Waals surface area contributed by atoms with E-state index in [0.29, 0.717) is 6.20 Å². The van der Waals surface area contributed by atoms with Gasteiger partial charge in [0.05, 0.1) is 11.9 Å². The van der Waals surface area contributed by atoms with Crippen molar-refractivity contribution in [2.45, 2.75) is 25.8 Å². The molecule has 0 saturated carbocycles. The number of pyridine rings is 1. The van der Waals surface area contributed by atoms with Crippen LogP contribution in [0.2, 0.25) is 0 Å². The third kappa shape index (κ3) is 4.92.